The van der Waals surface area contributed by atoms with E-state index in [2.05, 4.69) is 24.4 Å². The number of aryl methyl sites for hydroxylation is 1. The van der Waals surface area contributed by atoms with Crippen LogP contribution >= 0.6 is 11.8 Å². The summed E-state index contributed by atoms with van der Waals surface area (Å²) >= 11 is 1.47. The lowest BCUT2D eigenvalue weighted by Gasteiger charge is -2.30. The largest absolute Gasteiger partial charge is 0.352 e. The second kappa shape index (κ2) is 8.87. The number of carbonyl (C=O) groups is 2. The fourth-order valence-electron chi connectivity index (χ4n) is 3.91. The maximum absolute atomic E-state index is 13.2. The minimum atomic E-state index is -0.116. The third kappa shape index (κ3) is 4.56. The highest BCUT2D eigenvalue weighted by molar-refractivity contribution is 8.04. The Balaban J connectivity index is 1.58. The summed E-state index contributed by atoms with van der Waals surface area (Å²) in [5.74, 6) is -0.201. The molecule has 5 heteroatoms. The molecule has 150 valence electrons. The number of benzene rings is 2. The van der Waals surface area contributed by atoms with Crippen LogP contribution in [0.3, 0.4) is 0 Å². The van der Waals surface area contributed by atoms with Gasteiger partial charge >= 0.3 is 0 Å². The number of hydrogen-bond donors (Lipinski definition) is 1. The lowest BCUT2D eigenvalue weighted by molar-refractivity contribution is -0.122. The number of carbonyl (C=O) groups excluding carboxylic acids is 2. The van der Waals surface area contributed by atoms with Crippen molar-refractivity contribution in [3.8, 4) is 0 Å². The summed E-state index contributed by atoms with van der Waals surface area (Å²) in [4.78, 5) is 29.1. The maximum atomic E-state index is 13.2. The highest BCUT2D eigenvalue weighted by atomic mass is 32.2. The van der Waals surface area contributed by atoms with E-state index < -0.39 is 0 Å². The molecule has 0 atom stereocenters. The molecule has 0 aromatic heterocycles. The number of nitrogens with one attached hydrogen (secondary N) is 1. The molecule has 1 N–H and O–H groups in total. The molecule has 2 aromatic rings. The Labute approximate surface area is 176 Å². The predicted molar refractivity (Wildman–Crippen MR) is 119 cm³/mol. The molecule has 0 unspecified atom stereocenters. The molecule has 1 aliphatic carbocycles. The van der Waals surface area contributed by atoms with Crippen LogP contribution in [0.5, 0.6) is 0 Å². The number of nitrogens with zero attached hydrogens (tertiary/aromatic N) is 1. The Kier molecular flexibility index (Phi) is 6.05. The molecule has 1 heterocycles. The number of hydrogen-bond acceptors (Lipinski definition) is 3. The zero-order valence-corrected chi connectivity index (χ0v) is 17.5. The van der Waals surface area contributed by atoms with Gasteiger partial charge in [-0.3, -0.25) is 14.5 Å². The SMILES string of the molecule is CCc1ccc(/C=C2/Sc3ccccc3N(CC(=O)NC3CCCC3)C2=O)cc1. The van der Waals surface area contributed by atoms with Gasteiger partial charge in [0.15, 0.2) is 0 Å². The van der Waals surface area contributed by atoms with E-state index >= 15 is 0 Å². The third-order valence-electron chi connectivity index (χ3n) is 5.54. The van der Waals surface area contributed by atoms with Crippen molar-refractivity contribution < 1.29 is 9.59 Å². The Hall–Kier alpha value is -2.53. The number of thioether (sulfide) groups is 1. The van der Waals surface area contributed by atoms with E-state index in [1.165, 1.54) is 17.3 Å². The molecule has 4 nitrogen and oxygen atoms in total. The van der Waals surface area contributed by atoms with Gasteiger partial charge in [0.05, 0.1) is 10.6 Å². The molecule has 0 radical (unpaired) electrons. The number of amides is 2. The summed E-state index contributed by atoms with van der Waals surface area (Å²) in [5.41, 5.74) is 3.07. The molecule has 2 amide bonds. The molecular weight excluding hydrogens is 380 g/mol. The Morgan fingerprint density at radius 3 is 2.59 bits per heavy atom. The highest BCUT2D eigenvalue weighted by Crippen LogP contribution is 2.41. The third-order valence-corrected chi connectivity index (χ3v) is 6.62. The first-order valence-corrected chi connectivity index (χ1v) is 11.1. The van der Waals surface area contributed by atoms with Gasteiger partial charge in [-0.2, -0.15) is 0 Å². The van der Waals surface area contributed by atoms with Crippen LogP contribution in [0.25, 0.3) is 6.08 Å². The van der Waals surface area contributed by atoms with Crippen LogP contribution in [0.2, 0.25) is 0 Å². The van der Waals surface area contributed by atoms with Gasteiger partial charge in [-0.15, -0.1) is 0 Å². The molecule has 1 fully saturated rings. The summed E-state index contributed by atoms with van der Waals surface area (Å²) in [6.45, 7) is 2.18. The summed E-state index contributed by atoms with van der Waals surface area (Å²) in [5, 5.41) is 3.10. The topological polar surface area (TPSA) is 49.4 Å². The molecule has 1 saturated carbocycles. The predicted octanol–water partition coefficient (Wildman–Crippen LogP) is 4.79. The molecular formula is C24H26N2O2S. The van der Waals surface area contributed by atoms with Crippen molar-refractivity contribution in [3.05, 3.63) is 64.6 Å². The summed E-state index contributed by atoms with van der Waals surface area (Å²) in [6.07, 6.45) is 7.30. The van der Waals surface area contributed by atoms with Crippen molar-refractivity contribution in [2.45, 2.75) is 50.0 Å². The normalized spacial score (nSPS) is 18.2. The van der Waals surface area contributed by atoms with Gasteiger partial charge in [-0.1, -0.05) is 67.9 Å². The number of fused-ring (bicyclic) bond motifs is 1. The van der Waals surface area contributed by atoms with Crippen LogP contribution in [0, 0.1) is 0 Å². The van der Waals surface area contributed by atoms with Crippen molar-refractivity contribution in [2.75, 3.05) is 11.4 Å². The van der Waals surface area contributed by atoms with Crippen LogP contribution in [-0.4, -0.2) is 24.4 Å². The van der Waals surface area contributed by atoms with Crippen molar-refractivity contribution >= 4 is 35.3 Å². The summed E-state index contributed by atoms with van der Waals surface area (Å²) in [6, 6.07) is 16.3. The number of para-hydroxylation sites is 1. The lowest BCUT2D eigenvalue weighted by atomic mass is 10.1. The molecule has 2 aliphatic rings. The van der Waals surface area contributed by atoms with Gasteiger partial charge in [0.1, 0.15) is 6.54 Å². The van der Waals surface area contributed by atoms with Crippen LogP contribution in [-0.2, 0) is 16.0 Å². The first-order valence-electron chi connectivity index (χ1n) is 10.3. The Morgan fingerprint density at radius 1 is 1.14 bits per heavy atom. The quantitative estimate of drug-likeness (QED) is 0.727. The van der Waals surface area contributed by atoms with E-state index in [-0.39, 0.29) is 24.4 Å². The lowest BCUT2D eigenvalue weighted by Crippen LogP contribution is -2.45. The first-order chi connectivity index (χ1) is 14.1. The van der Waals surface area contributed by atoms with Gasteiger partial charge in [0, 0.05) is 10.9 Å². The fraction of sp³-hybridized carbons (Fsp3) is 0.333. The van der Waals surface area contributed by atoms with Gasteiger partial charge < -0.3 is 5.32 Å². The second-order valence-corrected chi connectivity index (χ2v) is 8.70. The molecule has 0 saturated heterocycles. The summed E-state index contributed by atoms with van der Waals surface area (Å²) in [7, 11) is 0. The Bertz CT molecular complexity index is 930. The molecule has 2 aromatic carbocycles. The van der Waals surface area contributed by atoms with Crippen LogP contribution in [0.4, 0.5) is 5.69 Å². The van der Waals surface area contributed by atoms with Crippen molar-refractivity contribution in [1.82, 2.24) is 5.32 Å². The van der Waals surface area contributed by atoms with E-state index in [0.717, 1.165) is 48.3 Å². The van der Waals surface area contributed by atoms with E-state index in [0.29, 0.717) is 4.91 Å². The van der Waals surface area contributed by atoms with Gasteiger partial charge in [0.25, 0.3) is 5.91 Å². The second-order valence-electron chi connectivity index (χ2n) is 7.61. The smallest absolute Gasteiger partial charge is 0.265 e. The van der Waals surface area contributed by atoms with E-state index in [1.807, 2.05) is 42.5 Å². The van der Waals surface area contributed by atoms with Crippen molar-refractivity contribution in [2.24, 2.45) is 0 Å². The molecule has 4 rings (SSSR count). The van der Waals surface area contributed by atoms with E-state index in [1.54, 1.807) is 4.90 Å². The molecule has 0 spiro atoms. The van der Waals surface area contributed by atoms with Crippen LogP contribution < -0.4 is 10.2 Å². The first kappa shape index (κ1) is 19.8. The van der Waals surface area contributed by atoms with E-state index in [9.17, 15) is 9.59 Å². The highest BCUT2D eigenvalue weighted by Gasteiger charge is 2.31. The molecule has 0 bridgehead atoms. The van der Waals surface area contributed by atoms with Gasteiger partial charge in [-0.25, -0.2) is 0 Å². The van der Waals surface area contributed by atoms with Gasteiger partial charge in [0.2, 0.25) is 5.91 Å². The average Bonchev–Trinajstić information content (AvgIpc) is 3.24. The van der Waals surface area contributed by atoms with Crippen LogP contribution in [0.1, 0.15) is 43.7 Å². The standard InChI is InChI=1S/C24H26N2O2S/c1-2-17-11-13-18(14-12-17)15-22-24(28)26(20-9-5-6-10-21(20)29-22)16-23(27)25-19-7-3-4-8-19/h5-6,9-15,19H,2-4,7-8,16H2,1H3,(H,25,27)/b22-15+. The minimum absolute atomic E-state index is 0.0546. The monoisotopic (exact) mass is 406 g/mol. The zero-order valence-electron chi connectivity index (χ0n) is 16.7. The zero-order chi connectivity index (χ0) is 20.2. The van der Waals surface area contributed by atoms with Crippen molar-refractivity contribution in [3.63, 3.8) is 0 Å². The maximum Gasteiger partial charge on any atom is 0.265 e. The van der Waals surface area contributed by atoms with Crippen molar-refractivity contribution in [1.29, 1.82) is 0 Å². The van der Waals surface area contributed by atoms with Gasteiger partial charge in [-0.05, 0) is 48.6 Å². The average molecular weight is 407 g/mol. The molecule has 29 heavy (non-hydrogen) atoms. The molecule has 1 aliphatic heterocycles. The fourth-order valence-corrected chi connectivity index (χ4v) is 4.97. The summed E-state index contributed by atoms with van der Waals surface area (Å²) < 4.78 is 0. The number of rotatable bonds is 5. The van der Waals surface area contributed by atoms with Crippen LogP contribution in [0.15, 0.2) is 58.3 Å². The van der Waals surface area contributed by atoms with E-state index in [4.69, 9.17) is 0 Å². The minimum Gasteiger partial charge on any atom is -0.352 e. The number of anilines is 1. The Morgan fingerprint density at radius 2 is 1.86 bits per heavy atom.